The van der Waals surface area contributed by atoms with Crippen LogP contribution in [-0.2, 0) is 14.3 Å². The maximum Gasteiger partial charge on any atom is 0.326 e. The number of rotatable bonds is 8. The summed E-state index contributed by atoms with van der Waals surface area (Å²) in [6.07, 6.45) is 2.96. The van der Waals surface area contributed by atoms with Gasteiger partial charge in [-0.25, -0.2) is 0 Å². The summed E-state index contributed by atoms with van der Waals surface area (Å²) in [7, 11) is 0. The lowest BCUT2D eigenvalue weighted by Gasteiger charge is -2.33. The van der Waals surface area contributed by atoms with Crippen molar-refractivity contribution < 1.29 is 19.4 Å². The highest BCUT2D eigenvalue weighted by atomic mass is 16.5. The smallest absolute Gasteiger partial charge is 0.326 e. The van der Waals surface area contributed by atoms with E-state index in [4.69, 9.17) is 9.47 Å². The predicted octanol–water partition coefficient (Wildman–Crippen LogP) is 1.27. The maximum absolute atomic E-state index is 11.7. The van der Waals surface area contributed by atoms with E-state index >= 15 is 0 Å². The number of aliphatic carboxylic acids is 1. The average molecular weight is 271 g/mol. The van der Waals surface area contributed by atoms with E-state index in [1.54, 1.807) is 0 Å². The Morgan fingerprint density at radius 3 is 2.68 bits per heavy atom. The third kappa shape index (κ3) is 3.68. The molecule has 1 saturated heterocycles. The Balaban J connectivity index is 1.90. The molecule has 1 aliphatic heterocycles. The van der Waals surface area contributed by atoms with Crippen LogP contribution in [0.2, 0.25) is 0 Å². The second-order valence-corrected chi connectivity index (χ2v) is 6.09. The molecule has 1 saturated carbocycles. The fourth-order valence-electron chi connectivity index (χ4n) is 2.77. The topological polar surface area (TPSA) is 67.8 Å². The van der Waals surface area contributed by atoms with Gasteiger partial charge in [0.1, 0.15) is 5.54 Å². The van der Waals surface area contributed by atoms with E-state index in [2.05, 4.69) is 5.32 Å². The number of carboxylic acids is 1. The van der Waals surface area contributed by atoms with Gasteiger partial charge in [0.25, 0.3) is 0 Å². The predicted molar refractivity (Wildman–Crippen MR) is 71.1 cm³/mol. The molecule has 2 N–H and O–H groups in total. The largest absolute Gasteiger partial charge is 0.480 e. The second kappa shape index (κ2) is 6.20. The molecular formula is C14H25NO4. The Morgan fingerprint density at radius 2 is 2.21 bits per heavy atom. The summed E-state index contributed by atoms with van der Waals surface area (Å²) < 4.78 is 11.0. The fourth-order valence-corrected chi connectivity index (χ4v) is 2.77. The van der Waals surface area contributed by atoms with E-state index in [9.17, 15) is 9.90 Å². The molecule has 0 spiro atoms. The summed E-state index contributed by atoms with van der Waals surface area (Å²) in [6.45, 7) is 6.34. The molecule has 2 rings (SSSR count). The third-order valence-electron chi connectivity index (χ3n) is 3.91. The minimum absolute atomic E-state index is 0.134. The summed E-state index contributed by atoms with van der Waals surface area (Å²) in [5.74, 6) is -0.164. The number of hydrogen-bond acceptors (Lipinski definition) is 4. The van der Waals surface area contributed by atoms with E-state index in [0.29, 0.717) is 12.5 Å². The summed E-state index contributed by atoms with van der Waals surface area (Å²) in [5.41, 5.74) is -0.909. The van der Waals surface area contributed by atoms with Gasteiger partial charge < -0.3 is 14.6 Å². The molecule has 0 aromatic rings. The van der Waals surface area contributed by atoms with Crippen LogP contribution >= 0.6 is 0 Å². The van der Waals surface area contributed by atoms with E-state index in [-0.39, 0.29) is 18.6 Å². The number of ether oxygens (including phenoxy) is 2. The minimum Gasteiger partial charge on any atom is -0.480 e. The summed E-state index contributed by atoms with van der Waals surface area (Å²) in [5, 5.41) is 12.8. The Hall–Kier alpha value is -0.650. The highest BCUT2D eigenvalue weighted by molar-refractivity contribution is 5.80. The fraction of sp³-hybridized carbons (Fsp3) is 0.929. The lowest BCUT2D eigenvalue weighted by Crippen LogP contribution is -2.59. The molecule has 5 nitrogen and oxygen atoms in total. The van der Waals surface area contributed by atoms with Crippen LogP contribution in [0, 0.1) is 11.8 Å². The highest BCUT2D eigenvalue weighted by Gasteiger charge is 2.51. The van der Waals surface area contributed by atoms with Crippen LogP contribution < -0.4 is 5.32 Å². The zero-order chi connectivity index (χ0) is 13.9. The van der Waals surface area contributed by atoms with Gasteiger partial charge in [-0.15, -0.1) is 0 Å². The third-order valence-corrected chi connectivity index (χ3v) is 3.91. The minimum atomic E-state index is -0.909. The van der Waals surface area contributed by atoms with Crippen LogP contribution in [0.1, 0.15) is 33.1 Å². The zero-order valence-corrected chi connectivity index (χ0v) is 11.9. The molecule has 0 aromatic heterocycles. The van der Waals surface area contributed by atoms with Crippen molar-refractivity contribution in [3.8, 4) is 0 Å². The van der Waals surface area contributed by atoms with Crippen LogP contribution in [0.4, 0.5) is 0 Å². The molecular weight excluding hydrogens is 246 g/mol. The number of nitrogens with one attached hydrogen (secondary N) is 1. The van der Waals surface area contributed by atoms with E-state index in [0.717, 1.165) is 32.5 Å². The molecule has 1 heterocycles. The molecule has 2 fully saturated rings. The van der Waals surface area contributed by atoms with Crippen LogP contribution in [-0.4, -0.2) is 49.1 Å². The Morgan fingerprint density at radius 1 is 1.47 bits per heavy atom. The van der Waals surface area contributed by atoms with Gasteiger partial charge in [-0.3, -0.25) is 10.1 Å². The lowest BCUT2D eigenvalue weighted by molar-refractivity contribution is -0.150. The van der Waals surface area contributed by atoms with E-state index in [1.165, 1.54) is 0 Å². The summed E-state index contributed by atoms with van der Waals surface area (Å²) in [4.78, 5) is 11.7. The van der Waals surface area contributed by atoms with E-state index in [1.807, 2.05) is 13.8 Å². The molecule has 0 radical (unpaired) electrons. The Labute approximate surface area is 114 Å². The molecule has 0 amide bonds. The number of carbonyl (C=O) groups is 1. The van der Waals surface area contributed by atoms with Gasteiger partial charge in [0.05, 0.1) is 19.8 Å². The van der Waals surface area contributed by atoms with Gasteiger partial charge >= 0.3 is 5.97 Å². The maximum atomic E-state index is 11.7. The first-order chi connectivity index (χ1) is 9.04. The first-order valence-electron chi connectivity index (χ1n) is 7.21. The molecule has 110 valence electrons. The molecule has 2 atom stereocenters. The van der Waals surface area contributed by atoms with Crippen molar-refractivity contribution in [2.75, 3.05) is 26.4 Å². The molecule has 19 heavy (non-hydrogen) atoms. The first-order valence-corrected chi connectivity index (χ1v) is 7.21. The van der Waals surface area contributed by atoms with E-state index < -0.39 is 11.5 Å². The lowest BCUT2D eigenvalue weighted by atomic mass is 9.93. The van der Waals surface area contributed by atoms with Crippen molar-refractivity contribution in [3.05, 3.63) is 0 Å². The molecule has 2 aliphatic rings. The van der Waals surface area contributed by atoms with Crippen LogP contribution in [0.25, 0.3) is 0 Å². The highest BCUT2D eigenvalue weighted by Crippen LogP contribution is 2.40. The quantitative estimate of drug-likeness (QED) is 0.696. The van der Waals surface area contributed by atoms with Crippen LogP contribution in [0.3, 0.4) is 0 Å². The van der Waals surface area contributed by atoms with Gasteiger partial charge in [-0.05, 0) is 39.0 Å². The first kappa shape index (κ1) is 14.8. The van der Waals surface area contributed by atoms with Gasteiger partial charge in [0.15, 0.2) is 0 Å². The zero-order valence-electron chi connectivity index (χ0n) is 11.9. The SMILES string of the molecule is CC(C)NC(COCC1CCOC1)(C(=O)O)C1CC1. The summed E-state index contributed by atoms with van der Waals surface area (Å²) in [6, 6.07) is 0.134. The van der Waals surface area contributed by atoms with Crippen molar-refractivity contribution >= 4 is 5.97 Å². The molecule has 1 aliphatic carbocycles. The molecule has 0 aromatic carbocycles. The van der Waals surface area contributed by atoms with Crippen molar-refractivity contribution in [1.82, 2.24) is 5.32 Å². The number of carboxylic acid groups (broad SMARTS) is 1. The van der Waals surface area contributed by atoms with Gasteiger partial charge in [0.2, 0.25) is 0 Å². The van der Waals surface area contributed by atoms with Crippen LogP contribution in [0.5, 0.6) is 0 Å². The van der Waals surface area contributed by atoms with Gasteiger partial charge in [-0.1, -0.05) is 0 Å². The normalized spacial score (nSPS) is 26.6. The van der Waals surface area contributed by atoms with Crippen molar-refractivity contribution in [2.24, 2.45) is 11.8 Å². The Bertz CT molecular complexity index is 311. The second-order valence-electron chi connectivity index (χ2n) is 6.09. The Kier molecular flexibility index (Phi) is 4.81. The summed E-state index contributed by atoms with van der Waals surface area (Å²) >= 11 is 0. The molecule has 0 bridgehead atoms. The standard InChI is InChI=1S/C14H25NO4/c1-10(2)15-14(13(16)17,12-3-4-12)9-19-8-11-5-6-18-7-11/h10-12,15H,3-9H2,1-2H3,(H,16,17). The molecule has 2 unspecified atom stereocenters. The average Bonchev–Trinajstić information content (AvgIpc) is 3.06. The molecule has 5 heteroatoms. The van der Waals surface area contributed by atoms with Crippen molar-refractivity contribution in [2.45, 2.75) is 44.7 Å². The van der Waals surface area contributed by atoms with Crippen molar-refractivity contribution in [3.63, 3.8) is 0 Å². The monoisotopic (exact) mass is 271 g/mol. The van der Waals surface area contributed by atoms with Gasteiger partial charge in [-0.2, -0.15) is 0 Å². The number of hydrogen-bond donors (Lipinski definition) is 2. The van der Waals surface area contributed by atoms with Crippen LogP contribution in [0.15, 0.2) is 0 Å². The van der Waals surface area contributed by atoms with Crippen molar-refractivity contribution in [1.29, 1.82) is 0 Å². The van der Waals surface area contributed by atoms with Gasteiger partial charge in [0, 0.05) is 18.6 Å².